The summed E-state index contributed by atoms with van der Waals surface area (Å²) in [5.41, 5.74) is 8.09. The largest absolute Gasteiger partial charge is 0.452 e. The Kier molecular flexibility index (Phi) is 5.46. The number of hydrogen-bond donors (Lipinski definition) is 2. The molecule has 1 aliphatic rings. The summed E-state index contributed by atoms with van der Waals surface area (Å²) in [6, 6.07) is 6.88. The molecule has 0 saturated heterocycles. The lowest BCUT2D eigenvalue weighted by atomic mass is 10.1. The molecule has 0 saturated carbocycles. The van der Waals surface area contributed by atoms with Crippen LogP contribution < -0.4 is 16.0 Å². The van der Waals surface area contributed by atoms with Gasteiger partial charge in [-0.05, 0) is 49.1 Å². The Hall–Kier alpha value is -2.87. The average Bonchev–Trinajstić information content (AvgIpc) is 3.20. The van der Waals surface area contributed by atoms with Gasteiger partial charge < -0.3 is 20.7 Å². The van der Waals surface area contributed by atoms with Crippen molar-refractivity contribution in [3.63, 3.8) is 0 Å². The van der Waals surface area contributed by atoms with Crippen molar-refractivity contribution in [1.82, 2.24) is 0 Å². The summed E-state index contributed by atoms with van der Waals surface area (Å²) < 4.78 is 5.06. The lowest BCUT2D eigenvalue weighted by Gasteiger charge is -2.12. The number of nitrogens with zero attached hydrogens (tertiary/aromatic N) is 1. The van der Waals surface area contributed by atoms with E-state index in [0.717, 1.165) is 35.4 Å². The number of primary amides is 1. The number of fused-ring (bicyclic) bond motifs is 1. The van der Waals surface area contributed by atoms with Crippen molar-refractivity contribution in [3.05, 3.63) is 45.8 Å². The van der Waals surface area contributed by atoms with E-state index in [2.05, 4.69) is 5.32 Å². The molecule has 0 aliphatic heterocycles. The summed E-state index contributed by atoms with van der Waals surface area (Å²) in [6.07, 6.45) is 2.66. The summed E-state index contributed by atoms with van der Waals surface area (Å²) in [5.74, 6) is -1.64. The van der Waals surface area contributed by atoms with E-state index in [1.807, 2.05) is 19.0 Å². The highest BCUT2D eigenvalue weighted by Gasteiger charge is 2.26. The zero-order valence-corrected chi connectivity index (χ0v) is 16.0. The number of amides is 2. The highest BCUT2D eigenvalue weighted by Crippen LogP contribution is 2.38. The van der Waals surface area contributed by atoms with Crippen LogP contribution in [0.2, 0.25) is 0 Å². The molecular weight excluding hydrogens is 366 g/mol. The van der Waals surface area contributed by atoms with E-state index in [1.54, 1.807) is 24.3 Å². The number of carbonyl (C=O) groups is 3. The monoisotopic (exact) mass is 387 g/mol. The molecule has 0 bridgehead atoms. The molecule has 0 unspecified atom stereocenters. The maximum Gasteiger partial charge on any atom is 0.338 e. The van der Waals surface area contributed by atoms with Crippen LogP contribution in [0.25, 0.3) is 0 Å². The first-order valence-electron chi connectivity index (χ1n) is 8.55. The number of benzene rings is 1. The molecule has 3 rings (SSSR count). The van der Waals surface area contributed by atoms with Crippen LogP contribution in [0.5, 0.6) is 0 Å². The molecule has 7 nitrogen and oxygen atoms in total. The second-order valence-corrected chi connectivity index (χ2v) is 7.60. The third-order valence-electron chi connectivity index (χ3n) is 4.37. The highest BCUT2D eigenvalue weighted by molar-refractivity contribution is 7.17. The van der Waals surface area contributed by atoms with Gasteiger partial charge in [-0.15, -0.1) is 11.3 Å². The minimum absolute atomic E-state index is 0.362. The van der Waals surface area contributed by atoms with E-state index < -0.39 is 24.4 Å². The van der Waals surface area contributed by atoms with Crippen molar-refractivity contribution in [2.24, 2.45) is 5.73 Å². The SMILES string of the molecule is CN(C)c1ccc(C(=O)OCC(=O)Nc2sc3c(c2C(N)=O)CCC3)cc1. The molecule has 142 valence electrons. The lowest BCUT2D eigenvalue weighted by Crippen LogP contribution is -2.22. The minimum Gasteiger partial charge on any atom is -0.452 e. The average molecular weight is 387 g/mol. The molecule has 1 aromatic heterocycles. The maximum atomic E-state index is 12.2. The van der Waals surface area contributed by atoms with Crippen LogP contribution in [-0.2, 0) is 22.4 Å². The third kappa shape index (κ3) is 4.11. The van der Waals surface area contributed by atoms with Gasteiger partial charge in [0.15, 0.2) is 6.61 Å². The van der Waals surface area contributed by atoms with Gasteiger partial charge in [0.1, 0.15) is 5.00 Å². The Morgan fingerprint density at radius 1 is 1.19 bits per heavy atom. The van der Waals surface area contributed by atoms with Crippen LogP contribution in [0, 0.1) is 0 Å². The van der Waals surface area contributed by atoms with Crippen molar-refractivity contribution in [3.8, 4) is 0 Å². The number of carbonyl (C=O) groups excluding carboxylic acids is 3. The molecule has 27 heavy (non-hydrogen) atoms. The number of ether oxygens (including phenoxy) is 1. The van der Waals surface area contributed by atoms with Gasteiger partial charge in [-0.25, -0.2) is 4.79 Å². The summed E-state index contributed by atoms with van der Waals surface area (Å²) in [6.45, 7) is -0.435. The third-order valence-corrected chi connectivity index (χ3v) is 5.58. The molecule has 1 aliphatic carbocycles. The van der Waals surface area contributed by atoms with Gasteiger partial charge in [0.05, 0.1) is 11.1 Å². The Bertz CT molecular complexity index is 887. The van der Waals surface area contributed by atoms with E-state index in [1.165, 1.54) is 11.3 Å². The molecule has 1 aromatic carbocycles. The van der Waals surface area contributed by atoms with Crippen LogP contribution in [0.4, 0.5) is 10.7 Å². The molecule has 0 spiro atoms. The van der Waals surface area contributed by atoms with Crippen molar-refractivity contribution in [2.45, 2.75) is 19.3 Å². The molecular formula is C19H21N3O4S. The topological polar surface area (TPSA) is 102 Å². The van der Waals surface area contributed by atoms with Crippen molar-refractivity contribution in [2.75, 3.05) is 30.9 Å². The first kappa shape index (κ1) is 18.9. The van der Waals surface area contributed by atoms with Gasteiger partial charge >= 0.3 is 5.97 Å². The summed E-state index contributed by atoms with van der Waals surface area (Å²) in [7, 11) is 3.80. The fourth-order valence-corrected chi connectivity index (χ4v) is 4.34. The van der Waals surface area contributed by atoms with Crippen LogP contribution in [-0.4, -0.2) is 38.5 Å². The normalized spacial score (nSPS) is 12.4. The summed E-state index contributed by atoms with van der Waals surface area (Å²) in [4.78, 5) is 39.0. The van der Waals surface area contributed by atoms with E-state index >= 15 is 0 Å². The number of hydrogen-bond acceptors (Lipinski definition) is 6. The molecule has 2 amide bonds. The maximum absolute atomic E-state index is 12.2. The van der Waals surface area contributed by atoms with Gasteiger partial charge in [-0.2, -0.15) is 0 Å². The molecule has 2 aromatic rings. The number of thiophene rings is 1. The number of nitrogens with two attached hydrogens (primary N) is 1. The van der Waals surface area contributed by atoms with E-state index in [-0.39, 0.29) is 0 Å². The zero-order chi connectivity index (χ0) is 19.6. The van der Waals surface area contributed by atoms with Crippen molar-refractivity contribution >= 4 is 39.8 Å². The second-order valence-electron chi connectivity index (χ2n) is 6.49. The summed E-state index contributed by atoms with van der Waals surface area (Å²) in [5, 5.41) is 3.08. The lowest BCUT2D eigenvalue weighted by molar-refractivity contribution is -0.119. The van der Waals surface area contributed by atoms with Gasteiger partial charge in [0, 0.05) is 24.7 Å². The number of anilines is 2. The van der Waals surface area contributed by atoms with Gasteiger partial charge in [0.2, 0.25) is 0 Å². The Morgan fingerprint density at radius 2 is 1.89 bits per heavy atom. The molecule has 0 radical (unpaired) electrons. The fraction of sp³-hybridized carbons (Fsp3) is 0.316. The van der Waals surface area contributed by atoms with Gasteiger partial charge in [-0.3, -0.25) is 9.59 Å². The Balaban J connectivity index is 1.60. The van der Waals surface area contributed by atoms with E-state index in [0.29, 0.717) is 16.1 Å². The second kappa shape index (κ2) is 7.79. The number of aryl methyl sites for hydroxylation is 1. The van der Waals surface area contributed by atoms with Crippen LogP contribution in [0.15, 0.2) is 24.3 Å². The predicted octanol–water partition coefficient (Wildman–Crippen LogP) is 2.20. The van der Waals surface area contributed by atoms with Crippen LogP contribution in [0.1, 0.15) is 37.6 Å². The quantitative estimate of drug-likeness (QED) is 0.740. The molecule has 1 heterocycles. The molecule has 0 fully saturated rings. The molecule has 8 heteroatoms. The summed E-state index contributed by atoms with van der Waals surface area (Å²) >= 11 is 1.36. The van der Waals surface area contributed by atoms with Crippen LogP contribution >= 0.6 is 11.3 Å². The first-order valence-corrected chi connectivity index (χ1v) is 9.37. The van der Waals surface area contributed by atoms with Crippen molar-refractivity contribution in [1.29, 1.82) is 0 Å². The Labute approximate surface area is 161 Å². The van der Waals surface area contributed by atoms with Crippen molar-refractivity contribution < 1.29 is 19.1 Å². The van der Waals surface area contributed by atoms with Gasteiger partial charge in [0.25, 0.3) is 11.8 Å². The van der Waals surface area contributed by atoms with Gasteiger partial charge in [-0.1, -0.05) is 0 Å². The van der Waals surface area contributed by atoms with Crippen LogP contribution in [0.3, 0.4) is 0 Å². The number of nitrogens with one attached hydrogen (secondary N) is 1. The smallest absolute Gasteiger partial charge is 0.338 e. The highest BCUT2D eigenvalue weighted by atomic mass is 32.1. The van der Waals surface area contributed by atoms with E-state index in [9.17, 15) is 14.4 Å². The minimum atomic E-state index is -0.584. The van der Waals surface area contributed by atoms with E-state index in [4.69, 9.17) is 10.5 Å². The molecule has 3 N–H and O–H groups in total. The number of rotatable bonds is 6. The molecule has 0 atom stereocenters. The fourth-order valence-electron chi connectivity index (χ4n) is 3.03. The Morgan fingerprint density at radius 3 is 2.52 bits per heavy atom. The zero-order valence-electron chi connectivity index (χ0n) is 15.2. The number of esters is 1. The first-order chi connectivity index (χ1) is 12.9. The standard InChI is InChI=1S/C19H21N3O4S/c1-22(2)12-8-6-11(7-9-12)19(25)26-10-15(23)21-18-16(17(20)24)13-4-3-5-14(13)27-18/h6-9H,3-5,10H2,1-2H3,(H2,20,24)(H,21,23). The predicted molar refractivity (Wildman–Crippen MR) is 105 cm³/mol.